The van der Waals surface area contributed by atoms with E-state index in [1.165, 1.54) is 0 Å². The molecule has 1 atom stereocenters. The SMILES string of the molecule is N#Cc1ccccc1CN1C(=O)CCC(N)C1=O. The zero-order chi connectivity index (χ0) is 13.1. The van der Waals surface area contributed by atoms with E-state index in [1.807, 2.05) is 6.07 Å². The number of carbonyl (C=O) groups excluding carboxylic acids is 2. The average Bonchev–Trinajstić information content (AvgIpc) is 2.39. The highest BCUT2D eigenvalue weighted by atomic mass is 16.2. The van der Waals surface area contributed by atoms with Gasteiger partial charge in [-0.05, 0) is 18.1 Å². The molecular formula is C13H13N3O2. The zero-order valence-corrected chi connectivity index (χ0v) is 9.80. The van der Waals surface area contributed by atoms with Crippen LogP contribution in [0.3, 0.4) is 0 Å². The summed E-state index contributed by atoms with van der Waals surface area (Å²) in [7, 11) is 0. The fraction of sp³-hybridized carbons (Fsp3) is 0.308. The van der Waals surface area contributed by atoms with E-state index in [4.69, 9.17) is 11.0 Å². The summed E-state index contributed by atoms with van der Waals surface area (Å²) in [4.78, 5) is 24.7. The summed E-state index contributed by atoms with van der Waals surface area (Å²) >= 11 is 0. The fourth-order valence-electron chi connectivity index (χ4n) is 1.96. The van der Waals surface area contributed by atoms with E-state index in [1.54, 1.807) is 24.3 Å². The van der Waals surface area contributed by atoms with Gasteiger partial charge in [-0.25, -0.2) is 0 Å². The van der Waals surface area contributed by atoms with Crippen LogP contribution in [0.25, 0.3) is 0 Å². The van der Waals surface area contributed by atoms with Gasteiger partial charge in [-0.3, -0.25) is 14.5 Å². The number of carbonyl (C=O) groups is 2. The van der Waals surface area contributed by atoms with Crippen LogP contribution in [0, 0.1) is 11.3 Å². The maximum atomic E-state index is 11.8. The van der Waals surface area contributed by atoms with Crippen molar-refractivity contribution >= 4 is 11.8 Å². The van der Waals surface area contributed by atoms with Crippen molar-refractivity contribution in [3.05, 3.63) is 35.4 Å². The number of rotatable bonds is 2. The second-order valence-electron chi connectivity index (χ2n) is 4.23. The monoisotopic (exact) mass is 243 g/mol. The summed E-state index contributed by atoms with van der Waals surface area (Å²) in [5, 5.41) is 8.97. The molecule has 0 aliphatic carbocycles. The van der Waals surface area contributed by atoms with E-state index in [-0.39, 0.29) is 24.8 Å². The standard InChI is InChI=1S/C13H13N3O2/c14-7-9-3-1-2-4-10(9)8-16-12(17)6-5-11(15)13(16)18/h1-4,11H,5-6,8,15H2. The van der Waals surface area contributed by atoms with Gasteiger partial charge in [0.05, 0.1) is 24.2 Å². The van der Waals surface area contributed by atoms with Gasteiger partial charge in [-0.2, -0.15) is 5.26 Å². The van der Waals surface area contributed by atoms with Crippen LogP contribution >= 0.6 is 0 Å². The highest BCUT2D eigenvalue weighted by Gasteiger charge is 2.32. The minimum atomic E-state index is -0.614. The first kappa shape index (κ1) is 12.3. The molecule has 2 rings (SSSR count). The van der Waals surface area contributed by atoms with Crippen molar-refractivity contribution in [3.63, 3.8) is 0 Å². The van der Waals surface area contributed by atoms with Gasteiger partial charge >= 0.3 is 0 Å². The number of imide groups is 1. The third-order valence-corrected chi connectivity index (χ3v) is 3.02. The second kappa shape index (κ2) is 4.98. The minimum absolute atomic E-state index is 0.120. The highest BCUT2D eigenvalue weighted by molar-refractivity contribution is 6.00. The molecule has 1 aliphatic rings. The Morgan fingerprint density at radius 2 is 2.11 bits per heavy atom. The Bertz CT molecular complexity index is 533. The van der Waals surface area contributed by atoms with Crippen LogP contribution in [-0.4, -0.2) is 22.8 Å². The van der Waals surface area contributed by atoms with Crippen LogP contribution in [0.4, 0.5) is 0 Å². The van der Waals surface area contributed by atoms with E-state index in [2.05, 4.69) is 0 Å². The van der Waals surface area contributed by atoms with Gasteiger partial charge in [0, 0.05) is 6.42 Å². The molecule has 92 valence electrons. The Labute approximate surface area is 105 Å². The van der Waals surface area contributed by atoms with Crippen molar-refractivity contribution < 1.29 is 9.59 Å². The first-order valence-electron chi connectivity index (χ1n) is 5.71. The smallest absolute Gasteiger partial charge is 0.246 e. The van der Waals surface area contributed by atoms with Crippen molar-refractivity contribution in [2.24, 2.45) is 5.73 Å². The summed E-state index contributed by atoms with van der Waals surface area (Å²) in [6, 6.07) is 8.34. The second-order valence-corrected chi connectivity index (χ2v) is 4.23. The number of amides is 2. The van der Waals surface area contributed by atoms with Gasteiger partial charge < -0.3 is 5.73 Å². The zero-order valence-electron chi connectivity index (χ0n) is 9.80. The van der Waals surface area contributed by atoms with Crippen molar-refractivity contribution in [1.82, 2.24) is 4.90 Å². The molecule has 1 aliphatic heterocycles. The van der Waals surface area contributed by atoms with Crippen molar-refractivity contribution in [3.8, 4) is 6.07 Å². The molecule has 1 aromatic carbocycles. The van der Waals surface area contributed by atoms with Gasteiger partial charge in [-0.15, -0.1) is 0 Å². The molecule has 1 saturated heterocycles. The van der Waals surface area contributed by atoms with Gasteiger partial charge in [0.15, 0.2) is 0 Å². The first-order valence-corrected chi connectivity index (χ1v) is 5.71. The maximum absolute atomic E-state index is 11.8. The fourth-order valence-corrected chi connectivity index (χ4v) is 1.96. The predicted octanol–water partition coefficient (Wildman–Crippen LogP) is 0.535. The molecular weight excluding hydrogens is 230 g/mol. The van der Waals surface area contributed by atoms with E-state index in [0.29, 0.717) is 17.5 Å². The number of nitrogens with two attached hydrogens (primary N) is 1. The Morgan fingerprint density at radius 1 is 1.39 bits per heavy atom. The van der Waals surface area contributed by atoms with Gasteiger partial charge in [-0.1, -0.05) is 18.2 Å². The molecule has 0 saturated carbocycles. The summed E-state index contributed by atoms with van der Waals surface area (Å²) in [6.07, 6.45) is 0.676. The molecule has 1 fully saturated rings. The molecule has 1 heterocycles. The number of benzene rings is 1. The summed E-state index contributed by atoms with van der Waals surface area (Å²) in [6.45, 7) is 0.120. The lowest BCUT2D eigenvalue weighted by Gasteiger charge is -2.28. The highest BCUT2D eigenvalue weighted by Crippen LogP contribution is 2.17. The Morgan fingerprint density at radius 3 is 2.83 bits per heavy atom. The lowest BCUT2D eigenvalue weighted by atomic mass is 10.0. The van der Waals surface area contributed by atoms with Gasteiger partial charge in [0.2, 0.25) is 11.8 Å². The van der Waals surface area contributed by atoms with Crippen LogP contribution in [-0.2, 0) is 16.1 Å². The van der Waals surface area contributed by atoms with E-state index >= 15 is 0 Å². The lowest BCUT2D eigenvalue weighted by molar-refractivity contribution is -0.149. The summed E-state index contributed by atoms with van der Waals surface area (Å²) in [5.74, 6) is -0.589. The normalized spacial score (nSPS) is 19.8. The topological polar surface area (TPSA) is 87.2 Å². The third kappa shape index (κ3) is 2.24. The Hall–Kier alpha value is -2.19. The Balaban J connectivity index is 2.25. The molecule has 2 amide bonds. The van der Waals surface area contributed by atoms with Crippen LogP contribution in [0.15, 0.2) is 24.3 Å². The van der Waals surface area contributed by atoms with Crippen molar-refractivity contribution in [2.75, 3.05) is 0 Å². The molecule has 0 radical (unpaired) electrons. The number of hydrogen-bond acceptors (Lipinski definition) is 4. The maximum Gasteiger partial charge on any atom is 0.246 e. The van der Waals surface area contributed by atoms with Crippen LogP contribution in [0.5, 0.6) is 0 Å². The van der Waals surface area contributed by atoms with Gasteiger partial charge in [0.1, 0.15) is 0 Å². The van der Waals surface area contributed by atoms with E-state index in [9.17, 15) is 9.59 Å². The van der Waals surface area contributed by atoms with Gasteiger partial charge in [0.25, 0.3) is 0 Å². The van der Waals surface area contributed by atoms with Crippen LogP contribution in [0.1, 0.15) is 24.0 Å². The average molecular weight is 243 g/mol. The number of nitriles is 1. The van der Waals surface area contributed by atoms with Crippen molar-refractivity contribution in [1.29, 1.82) is 5.26 Å². The van der Waals surface area contributed by atoms with Crippen LogP contribution in [0.2, 0.25) is 0 Å². The number of likely N-dealkylation sites (tertiary alicyclic amines) is 1. The quantitative estimate of drug-likeness (QED) is 0.768. The molecule has 2 N–H and O–H groups in total. The molecule has 1 aromatic rings. The number of piperidine rings is 1. The third-order valence-electron chi connectivity index (χ3n) is 3.02. The Kier molecular flexibility index (Phi) is 3.40. The summed E-state index contributed by atoms with van der Waals surface area (Å²) in [5.41, 5.74) is 6.78. The molecule has 5 heteroatoms. The lowest BCUT2D eigenvalue weighted by Crippen LogP contribution is -2.50. The van der Waals surface area contributed by atoms with Crippen molar-refractivity contribution in [2.45, 2.75) is 25.4 Å². The van der Waals surface area contributed by atoms with Crippen LogP contribution < -0.4 is 5.73 Å². The van der Waals surface area contributed by atoms with E-state index in [0.717, 1.165) is 4.90 Å². The molecule has 0 spiro atoms. The van der Waals surface area contributed by atoms with E-state index < -0.39 is 6.04 Å². The largest absolute Gasteiger partial charge is 0.320 e. The molecule has 1 unspecified atom stereocenters. The minimum Gasteiger partial charge on any atom is -0.320 e. The molecule has 18 heavy (non-hydrogen) atoms. The number of nitrogens with zero attached hydrogens (tertiary/aromatic N) is 2. The number of hydrogen-bond donors (Lipinski definition) is 1. The first-order chi connectivity index (χ1) is 8.63. The molecule has 0 bridgehead atoms. The summed E-state index contributed by atoms with van der Waals surface area (Å²) < 4.78 is 0. The predicted molar refractivity (Wildman–Crippen MR) is 63.9 cm³/mol. The molecule has 5 nitrogen and oxygen atoms in total. The molecule has 0 aromatic heterocycles.